The number of esters is 1. The molecule has 5 nitrogen and oxygen atoms in total. The topological polar surface area (TPSA) is 60.5 Å². The van der Waals surface area contributed by atoms with Crippen LogP contribution in [0.3, 0.4) is 0 Å². The minimum atomic E-state index is -0.496. The van der Waals surface area contributed by atoms with Gasteiger partial charge in [-0.1, -0.05) is 0 Å². The maximum absolute atomic E-state index is 13.7. The van der Waals surface area contributed by atoms with Crippen LogP contribution in [0.1, 0.15) is 24.2 Å². The number of aromatic nitrogens is 1. The van der Waals surface area contributed by atoms with Gasteiger partial charge in [-0.05, 0) is 19.9 Å². The molecule has 112 valence electrons. The fourth-order valence-electron chi connectivity index (χ4n) is 2.08. The standard InChI is InChI=1S/C15H17FN2O3/c1-4-17-14-9-6-13(20-3)11(16)7-12(9)18-8-10(14)15(19)21-5-2/h6-8H,4-5H2,1-3H3,(H,17,18). The zero-order valence-corrected chi connectivity index (χ0v) is 12.2. The summed E-state index contributed by atoms with van der Waals surface area (Å²) >= 11 is 0. The van der Waals surface area contributed by atoms with Crippen molar-refractivity contribution in [3.63, 3.8) is 0 Å². The largest absolute Gasteiger partial charge is 0.494 e. The van der Waals surface area contributed by atoms with Gasteiger partial charge in [-0.25, -0.2) is 9.18 Å². The van der Waals surface area contributed by atoms with Crippen LogP contribution in [0.5, 0.6) is 5.75 Å². The Bertz CT molecular complexity index is 674. The van der Waals surface area contributed by atoms with Crippen molar-refractivity contribution in [2.75, 3.05) is 25.6 Å². The van der Waals surface area contributed by atoms with Crippen LogP contribution >= 0.6 is 0 Å². The van der Waals surface area contributed by atoms with Crippen molar-refractivity contribution in [3.05, 3.63) is 29.7 Å². The molecule has 0 aliphatic carbocycles. The zero-order valence-electron chi connectivity index (χ0n) is 12.2. The van der Waals surface area contributed by atoms with E-state index in [1.807, 2.05) is 6.92 Å². The Balaban J connectivity index is 2.68. The van der Waals surface area contributed by atoms with Crippen LogP contribution in [0, 0.1) is 5.82 Å². The van der Waals surface area contributed by atoms with Crippen LogP contribution in [-0.2, 0) is 4.74 Å². The van der Waals surface area contributed by atoms with E-state index in [0.29, 0.717) is 28.7 Å². The molecule has 0 saturated carbocycles. The number of hydrogen-bond acceptors (Lipinski definition) is 5. The molecule has 21 heavy (non-hydrogen) atoms. The van der Waals surface area contributed by atoms with Crippen molar-refractivity contribution in [2.24, 2.45) is 0 Å². The molecule has 1 heterocycles. The minimum absolute atomic E-state index is 0.101. The monoisotopic (exact) mass is 292 g/mol. The number of hydrogen-bond donors (Lipinski definition) is 1. The molecule has 0 unspecified atom stereocenters. The first kappa shape index (κ1) is 15.0. The van der Waals surface area contributed by atoms with Gasteiger partial charge in [0.25, 0.3) is 0 Å². The Kier molecular flexibility index (Phi) is 4.57. The van der Waals surface area contributed by atoms with Gasteiger partial charge in [-0.2, -0.15) is 0 Å². The van der Waals surface area contributed by atoms with Gasteiger partial charge in [0.1, 0.15) is 5.56 Å². The Morgan fingerprint density at radius 3 is 2.76 bits per heavy atom. The highest BCUT2D eigenvalue weighted by molar-refractivity contribution is 6.05. The average Bonchev–Trinajstić information content (AvgIpc) is 2.47. The molecule has 0 amide bonds. The molecular formula is C15H17FN2O3. The van der Waals surface area contributed by atoms with Crippen molar-refractivity contribution in [3.8, 4) is 5.75 Å². The van der Waals surface area contributed by atoms with Gasteiger partial charge in [0.05, 0.1) is 24.9 Å². The number of nitrogens with zero attached hydrogens (tertiary/aromatic N) is 1. The summed E-state index contributed by atoms with van der Waals surface area (Å²) in [5.41, 5.74) is 1.33. The molecule has 0 bridgehead atoms. The number of nitrogens with one attached hydrogen (secondary N) is 1. The van der Waals surface area contributed by atoms with E-state index in [9.17, 15) is 9.18 Å². The molecule has 1 aromatic carbocycles. The third-order valence-corrected chi connectivity index (χ3v) is 2.99. The second kappa shape index (κ2) is 6.39. The number of carbonyl (C=O) groups excluding carboxylic acids is 1. The van der Waals surface area contributed by atoms with Crippen LogP contribution < -0.4 is 10.1 Å². The summed E-state index contributed by atoms with van der Waals surface area (Å²) in [5.74, 6) is -0.862. The molecule has 0 atom stereocenters. The molecule has 2 aromatic rings. The van der Waals surface area contributed by atoms with Crippen molar-refractivity contribution in [1.82, 2.24) is 4.98 Å². The fourth-order valence-corrected chi connectivity index (χ4v) is 2.08. The minimum Gasteiger partial charge on any atom is -0.494 e. The van der Waals surface area contributed by atoms with E-state index < -0.39 is 11.8 Å². The van der Waals surface area contributed by atoms with Crippen molar-refractivity contribution < 1.29 is 18.7 Å². The molecule has 1 aromatic heterocycles. The second-order valence-electron chi connectivity index (χ2n) is 4.30. The molecular weight excluding hydrogens is 275 g/mol. The fraction of sp³-hybridized carbons (Fsp3) is 0.333. The van der Waals surface area contributed by atoms with E-state index in [2.05, 4.69) is 10.3 Å². The summed E-state index contributed by atoms with van der Waals surface area (Å²) in [4.78, 5) is 16.1. The highest BCUT2D eigenvalue weighted by atomic mass is 19.1. The molecule has 6 heteroatoms. The lowest BCUT2D eigenvalue weighted by molar-refractivity contribution is 0.0527. The van der Waals surface area contributed by atoms with E-state index in [1.54, 1.807) is 6.92 Å². The summed E-state index contributed by atoms with van der Waals surface area (Å²) in [6.07, 6.45) is 1.39. The lowest BCUT2D eigenvalue weighted by Crippen LogP contribution is -2.11. The molecule has 0 saturated heterocycles. The Hall–Kier alpha value is -2.37. The van der Waals surface area contributed by atoms with Crippen molar-refractivity contribution in [1.29, 1.82) is 0 Å². The third kappa shape index (κ3) is 2.89. The first-order valence-corrected chi connectivity index (χ1v) is 6.69. The molecule has 0 aliphatic heterocycles. The van der Waals surface area contributed by atoms with Crippen LogP contribution in [-0.4, -0.2) is 31.2 Å². The first-order valence-electron chi connectivity index (χ1n) is 6.69. The quantitative estimate of drug-likeness (QED) is 0.858. The van der Waals surface area contributed by atoms with E-state index in [4.69, 9.17) is 9.47 Å². The van der Waals surface area contributed by atoms with E-state index in [-0.39, 0.29) is 12.4 Å². The van der Waals surface area contributed by atoms with E-state index in [0.717, 1.165) is 0 Å². The van der Waals surface area contributed by atoms with Gasteiger partial charge < -0.3 is 14.8 Å². The number of fused-ring (bicyclic) bond motifs is 1. The number of pyridine rings is 1. The lowest BCUT2D eigenvalue weighted by atomic mass is 10.1. The SMILES string of the molecule is CCNc1c(C(=O)OCC)cnc2cc(F)c(OC)cc12. The summed E-state index contributed by atoms with van der Waals surface area (Å²) in [5, 5.41) is 3.72. The summed E-state index contributed by atoms with van der Waals surface area (Å²) in [7, 11) is 1.39. The first-order chi connectivity index (χ1) is 10.1. The predicted molar refractivity (Wildman–Crippen MR) is 78.4 cm³/mol. The van der Waals surface area contributed by atoms with Gasteiger partial charge >= 0.3 is 5.97 Å². The van der Waals surface area contributed by atoms with E-state index >= 15 is 0 Å². The van der Waals surface area contributed by atoms with Crippen LogP contribution in [0.25, 0.3) is 10.9 Å². The summed E-state index contributed by atoms with van der Waals surface area (Å²) in [6.45, 7) is 4.51. The predicted octanol–water partition coefficient (Wildman–Crippen LogP) is 2.99. The van der Waals surface area contributed by atoms with Crippen molar-refractivity contribution in [2.45, 2.75) is 13.8 Å². The number of halogens is 1. The second-order valence-corrected chi connectivity index (χ2v) is 4.30. The highest BCUT2D eigenvalue weighted by Gasteiger charge is 2.18. The molecule has 0 fully saturated rings. The smallest absolute Gasteiger partial charge is 0.341 e. The zero-order chi connectivity index (χ0) is 15.4. The average molecular weight is 292 g/mol. The third-order valence-electron chi connectivity index (χ3n) is 2.99. The van der Waals surface area contributed by atoms with Gasteiger partial charge in [0.2, 0.25) is 0 Å². The van der Waals surface area contributed by atoms with Gasteiger partial charge in [-0.15, -0.1) is 0 Å². The molecule has 2 rings (SSSR count). The highest BCUT2D eigenvalue weighted by Crippen LogP contribution is 2.31. The van der Waals surface area contributed by atoms with E-state index in [1.165, 1.54) is 25.4 Å². The summed E-state index contributed by atoms with van der Waals surface area (Å²) in [6, 6.07) is 2.81. The number of benzene rings is 1. The molecule has 0 spiro atoms. The number of ether oxygens (including phenoxy) is 2. The Morgan fingerprint density at radius 2 is 2.14 bits per heavy atom. The number of rotatable bonds is 5. The van der Waals surface area contributed by atoms with Gasteiger partial charge in [0, 0.05) is 24.2 Å². The molecule has 0 radical (unpaired) electrons. The molecule has 0 aliphatic rings. The number of methoxy groups -OCH3 is 1. The Morgan fingerprint density at radius 1 is 1.38 bits per heavy atom. The maximum Gasteiger partial charge on any atom is 0.341 e. The number of anilines is 1. The lowest BCUT2D eigenvalue weighted by Gasteiger charge is -2.14. The summed E-state index contributed by atoms with van der Waals surface area (Å²) < 4.78 is 23.7. The van der Waals surface area contributed by atoms with Gasteiger partial charge in [-0.3, -0.25) is 4.98 Å². The maximum atomic E-state index is 13.7. The number of carbonyl (C=O) groups is 1. The normalized spacial score (nSPS) is 10.5. The van der Waals surface area contributed by atoms with Crippen LogP contribution in [0.4, 0.5) is 10.1 Å². The van der Waals surface area contributed by atoms with Crippen LogP contribution in [0.15, 0.2) is 18.3 Å². The Labute approximate surface area is 122 Å². The van der Waals surface area contributed by atoms with Crippen LogP contribution in [0.2, 0.25) is 0 Å². The van der Waals surface area contributed by atoms with Gasteiger partial charge in [0.15, 0.2) is 11.6 Å². The molecule has 1 N–H and O–H groups in total. The van der Waals surface area contributed by atoms with Crippen molar-refractivity contribution >= 4 is 22.6 Å².